The van der Waals surface area contributed by atoms with Crippen molar-refractivity contribution in [1.82, 2.24) is 20.2 Å². The molecule has 2 aromatic carbocycles. The van der Waals surface area contributed by atoms with E-state index in [4.69, 9.17) is 11.6 Å². The van der Waals surface area contributed by atoms with E-state index in [0.29, 0.717) is 36.3 Å². The number of nitrogens with one attached hydrogen (secondary N) is 2. The van der Waals surface area contributed by atoms with E-state index < -0.39 is 0 Å². The van der Waals surface area contributed by atoms with Crippen molar-refractivity contribution in [3.05, 3.63) is 76.5 Å². The molecule has 3 heterocycles. The Morgan fingerprint density at radius 3 is 2.55 bits per heavy atom. The number of anilines is 4. The highest BCUT2D eigenvalue weighted by atomic mass is 35.5. The molecule has 1 atom stereocenters. The number of piperazine rings is 1. The third-order valence-corrected chi connectivity index (χ3v) is 7.66. The number of rotatable bonds is 7. The quantitative estimate of drug-likeness (QED) is 0.329. The normalized spacial score (nSPS) is 17.9. The third kappa shape index (κ3) is 6.53. The van der Waals surface area contributed by atoms with Gasteiger partial charge in [0.1, 0.15) is 16.7 Å². The second-order valence-corrected chi connectivity index (χ2v) is 10.7. The fraction of sp³-hybridized carbons (Fsp3) is 0.333. The van der Waals surface area contributed by atoms with Crippen molar-refractivity contribution in [3.63, 3.8) is 0 Å². The van der Waals surface area contributed by atoms with Gasteiger partial charge < -0.3 is 25.3 Å². The molecule has 9 nitrogen and oxygen atoms in total. The Morgan fingerprint density at radius 1 is 1.07 bits per heavy atom. The van der Waals surface area contributed by atoms with Crippen LogP contribution >= 0.6 is 11.6 Å². The topological polar surface area (TPSA) is 100 Å². The number of nitrogens with zero attached hydrogens (tertiary/aromatic N) is 6. The lowest BCUT2D eigenvalue weighted by Gasteiger charge is -2.34. The summed E-state index contributed by atoms with van der Waals surface area (Å²) in [6.07, 6.45) is 3.94. The molecule has 40 heavy (non-hydrogen) atoms. The third-order valence-electron chi connectivity index (χ3n) is 7.39. The first kappa shape index (κ1) is 27.4. The van der Waals surface area contributed by atoms with E-state index in [1.54, 1.807) is 12.3 Å². The second kappa shape index (κ2) is 12.4. The van der Waals surface area contributed by atoms with Crippen molar-refractivity contribution in [3.8, 4) is 6.07 Å². The van der Waals surface area contributed by atoms with E-state index in [9.17, 15) is 10.1 Å². The number of aromatic nitrogens is 2. The maximum Gasteiger partial charge on any atom is 0.262 e. The second-order valence-electron chi connectivity index (χ2n) is 10.3. The SMILES string of the molecule is Cc1ccccc1/C=C(\C#N)C(=O)N[C@@H]1CCN(c2nc(Nc3ccc(N4CCN(C)CC4)cc3)ncc2Cl)C1. The van der Waals surface area contributed by atoms with Crippen LogP contribution in [-0.4, -0.2) is 73.1 Å². The first-order chi connectivity index (χ1) is 19.4. The highest BCUT2D eigenvalue weighted by Crippen LogP contribution is 2.28. The zero-order chi connectivity index (χ0) is 28.1. The summed E-state index contributed by atoms with van der Waals surface area (Å²) in [5.41, 5.74) is 4.03. The summed E-state index contributed by atoms with van der Waals surface area (Å²) in [6, 6.07) is 17.8. The van der Waals surface area contributed by atoms with E-state index in [1.807, 2.05) is 54.3 Å². The van der Waals surface area contributed by atoms with Crippen molar-refractivity contribution < 1.29 is 4.79 Å². The molecule has 10 heteroatoms. The Balaban J connectivity index is 1.21. The maximum absolute atomic E-state index is 12.9. The van der Waals surface area contributed by atoms with Gasteiger partial charge in [-0.1, -0.05) is 35.9 Å². The number of hydrogen-bond acceptors (Lipinski definition) is 8. The van der Waals surface area contributed by atoms with Crippen molar-refractivity contribution in [1.29, 1.82) is 5.26 Å². The summed E-state index contributed by atoms with van der Waals surface area (Å²) < 4.78 is 0. The lowest BCUT2D eigenvalue weighted by molar-refractivity contribution is -0.117. The van der Waals surface area contributed by atoms with E-state index in [1.165, 1.54) is 5.69 Å². The van der Waals surface area contributed by atoms with Gasteiger partial charge in [-0.15, -0.1) is 0 Å². The van der Waals surface area contributed by atoms with Crippen molar-refractivity contribution in [2.75, 3.05) is 61.4 Å². The molecule has 2 saturated heterocycles. The standard InChI is InChI=1S/C30H33ClN8O/c1-21-5-3-4-6-22(21)17-23(18-32)29(40)34-25-11-12-39(20-25)28-27(31)19-33-30(36-28)35-24-7-9-26(10-8-24)38-15-13-37(2)14-16-38/h3-10,17,19,25H,11-16,20H2,1-2H3,(H,34,40)(H,33,35,36)/b23-17+/t25-/m1/s1. The highest BCUT2D eigenvalue weighted by Gasteiger charge is 2.27. The van der Waals surface area contributed by atoms with E-state index in [0.717, 1.165) is 43.0 Å². The Labute approximate surface area is 240 Å². The summed E-state index contributed by atoms with van der Waals surface area (Å²) >= 11 is 6.48. The number of benzene rings is 2. The Hall–Kier alpha value is -4.13. The van der Waals surface area contributed by atoms with Gasteiger partial charge in [-0.05, 0) is 61.9 Å². The first-order valence-corrected chi connectivity index (χ1v) is 13.8. The monoisotopic (exact) mass is 556 g/mol. The van der Waals surface area contributed by atoms with Gasteiger partial charge in [0.05, 0.1) is 6.20 Å². The number of carbonyl (C=O) groups excluding carboxylic acids is 1. The van der Waals surface area contributed by atoms with Crippen molar-refractivity contribution >= 4 is 46.7 Å². The summed E-state index contributed by atoms with van der Waals surface area (Å²) in [5.74, 6) is 0.682. The number of nitriles is 1. The van der Waals surface area contributed by atoms with E-state index in [-0.39, 0.29) is 17.5 Å². The van der Waals surface area contributed by atoms with Gasteiger partial charge >= 0.3 is 0 Å². The van der Waals surface area contributed by atoms with Crippen LogP contribution in [0.3, 0.4) is 0 Å². The fourth-order valence-electron chi connectivity index (χ4n) is 4.98. The molecule has 0 saturated carbocycles. The highest BCUT2D eigenvalue weighted by molar-refractivity contribution is 6.32. The molecule has 2 fully saturated rings. The summed E-state index contributed by atoms with van der Waals surface area (Å²) in [5, 5.41) is 16.3. The van der Waals surface area contributed by atoms with Crippen LogP contribution in [-0.2, 0) is 4.79 Å². The lowest BCUT2D eigenvalue weighted by atomic mass is 10.1. The minimum Gasteiger partial charge on any atom is -0.369 e. The van der Waals surface area contributed by atoms with Crippen LogP contribution in [0, 0.1) is 18.3 Å². The van der Waals surface area contributed by atoms with Crippen LogP contribution in [0.25, 0.3) is 6.08 Å². The Morgan fingerprint density at radius 2 is 1.82 bits per heavy atom. The lowest BCUT2D eigenvalue weighted by Crippen LogP contribution is -2.44. The van der Waals surface area contributed by atoms with Gasteiger partial charge in [-0.2, -0.15) is 10.2 Å². The average Bonchev–Trinajstić information content (AvgIpc) is 3.42. The number of amides is 1. The van der Waals surface area contributed by atoms with Gasteiger partial charge in [0.15, 0.2) is 5.82 Å². The molecule has 0 aliphatic carbocycles. The number of carbonyl (C=O) groups is 1. The molecule has 0 unspecified atom stereocenters. The minimum atomic E-state index is -0.381. The smallest absolute Gasteiger partial charge is 0.262 e. The maximum atomic E-state index is 12.9. The molecular weight excluding hydrogens is 524 g/mol. The summed E-state index contributed by atoms with van der Waals surface area (Å²) in [4.78, 5) is 28.7. The number of hydrogen-bond donors (Lipinski definition) is 2. The largest absolute Gasteiger partial charge is 0.369 e. The molecule has 0 bridgehead atoms. The predicted molar refractivity (Wildman–Crippen MR) is 160 cm³/mol. The molecule has 1 amide bonds. The van der Waals surface area contributed by atoms with Gasteiger partial charge in [-0.25, -0.2) is 4.98 Å². The van der Waals surface area contributed by atoms with Gasteiger partial charge in [-0.3, -0.25) is 4.79 Å². The van der Waals surface area contributed by atoms with Crippen LogP contribution in [0.15, 0.2) is 60.3 Å². The molecule has 2 aliphatic heterocycles. The first-order valence-electron chi connectivity index (χ1n) is 13.5. The van der Waals surface area contributed by atoms with Crippen LogP contribution in [0.5, 0.6) is 0 Å². The summed E-state index contributed by atoms with van der Waals surface area (Å²) in [6.45, 7) is 7.31. The van der Waals surface area contributed by atoms with Gasteiger partial charge in [0.25, 0.3) is 5.91 Å². The zero-order valence-electron chi connectivity index (χ0n) is 22.8. The Bertz CT molecular complexity index is 1430. The number of likely N-dealkylation sites (N-methyl/N-ethyl adjacent to an activating group) is 1. The Kier molecular flexibility index (Phi) is 8.48. The molecular formula is C30H33ClN8O. The van der Waals surface area contributed by atoms with Crippen LogP contribution in [0.4, 0.5) is 23.1 Å². The predicted octanol–water partition coefficient (Wildman–Crippen LogP) is 4.24. The molecule has 0 spiro atoms. The van der Waals surface area contributed by atoms with Crippen molar-refractivity contribution in [2.45, 2.75) is 19.4 Å². The van der Waals surface area contributed by atoms with E-state index >= 15 is 0 Å². The fourth-order valence-corrected chi connectivity index (χ4v) is 5.19. The zero-order valence-corrected chi connectivity index (χ0v) is 23.5. The molecule has 206 valence electrons. The van der Waals surface area contributed by atoms with Crippen LogP contribution in [0.1, 0.15) is 17.5 Å². The van der Waals surface area contributed by atoms with E-state index in [2.05, 4.69) is 49.6 Å². The van der Waals surface area contributed by atoms with Crippen LogP contribution in [0.2, 0.25) is 5.02 Å². The molecule has 3 aromatic rings. The molecule has 2 aliphatic rings. The molecule has 1 aromatic heterocycles. The number of aryl methyl sites for hydroxylation is 1. The minimum absolute atomic E-state index is 0.0814. The molecule has 2 N–H and O–H groups in total. The number of halogens is 1. The van der Waals surface area contributed by atoms with Crippen LogP contribution < -0.4 is 20.4 Å². The average molecular weight is 557 g/mol. The molecule has 5 rings (SSSR count). The van der Waals surface area contributed by atoms with Gasteiger partial charge in [0.2, 0.25) is 5.95 Å². The van der Waals surface area contributed by atoms with Crippen molar-refractivity contribution in [2.24, 2.45) is 0 Å². The summed E-state index contributed by atoms with van der Waals surface area (Å²) in [7, 11) is 2.15. The molecule has 0 radical (unpaired) electrons. The van der Waals surface area contributed by atoms with Gasteiger partial charge in [0, 0.05) is 56.7 Å².